The average Bonchev–Trinajstić information content (AvgIpc) is 2.63. The normalized spacial score (nSPS) is 16.2. The van der Waals surface area contributed by atoms with Gasteiger partial charge in [-0.25, -0.2) is 0 Å². The predicted octanol–water partition coefficient (Wildman–Crippen LogP) is 2.91. The Balaban J connectivity index is 1.66. The summed E-state index contributed by atoms with van der Waals surface area (Å²) in [6, 6.07) is 15.5. The van der Waals surface area contributed by atoms with E-state index in [1.807, 2.05) is 55.5 Å². The quantitative estimate of drug-likeness (QED) is 0.878. The zero-order valence-electron chi connectivity index (χ0n) is 14.5. The topological polar surface area (TPSA) is 73.6 Å². The zero-order valence-corrected chi connectivity index (χ0v) is 14.5. The van der Waals surface area contributed by atoms with E-state index in [0.717, 1.165) is 17.1 Å². The number of rotatable bonds is 5. The van der Waals surface area contributed by atoms with Crippen LogP contribution < -0.4 is 15.8 Å². The molecule has 1 fully saturated rings. The van der Waals surface area contributed by atoms with Crippen LogP contribution in [0, 0.1) is 6.92 Å². The first-order chi connectivity index (χ1) is 12.1. The van der Waals surface area contributed by atoms with Gasteiger partial charge in [-0.15, -0.1) is 0 Å². The van der Waals surface area contributed by atoms with Crippen LogP contribution in [0.1, 0.15) is 24.0 Å². The van der Waals surface area contributed by atoms with Crippen LogP contribution in [-0.4, -0.2) is 24.7 Å². The van der Waals surface area contributed by atoms with Crippen molar-refractivity contribution < 1.29 is 14.3 Å². The Morgan fingerprint density at radius 1 is 1.16 bits per heavy atom. The lowest BCUT2D eigenvalue weighted by atomic mass is 9.90. The molecule has 0 radical (unpaired) electrons. The molecule has 0 unspecified atom stereocenters. The first-order valence-corrected chi connectivity index (χ1v) is 8.54. The number of amides is 1. The van der Waals surface area contributed by atoms with E-state index in [4.69, 9.17) is 15.2 Å². The number of nitrogens with two attached hydrogens (primary N) is 1. The lowest BCUT2D eigenvalue weighted by molar-refractivity contribution is -0.129. The van der Waals surface area contributed by atoms with Crippen molar-refractivity contribution in [3.05, 3.63) is 59.7 Å². The van der Waals surface area contributed by atoms with Crippen molar-refractivity contribution >= 4 is 5.91 Å². The minimum atomic E-state index is -0.842. The summed E-state index contributed by atoms with van der Waals surface area (Å²) in [5.74, 6) is 1.36. The number of carbonyl (C=O) groups is 1. The Morgan fingerprint density at radius 2 is 1.84 bits per heavy atom. The Kier molecular flexibility index (Phi) is 5.36. The summed E-state index contributed by atoms with van der Waals surface area (Å²) >= 11 is 0. The highest BCUT2D eigenvalue weighted by Crippen LogP contribution is 2.26. The van der Waals surface area contributed by atoms with Gasteiger partial charge in [-0.05, 0) is 38.0 Å². The van der Waals surface area contributed by atoms with Crippen molar-refractivity contribution in [1.82, 2.24) is 5.32 Å². The van der Waals surface area contributed by atoms with Crippen LogP contribution in [0.2, 0.25) is 0 Å². The van der Waals surface area contributed by atoms with Crippen LogP contribution in [0.25, 0.3) is 0 Å². The molecule has 1 heterocycles. The van der Waals surface area contributed by atoms with Crippen LogP contribution in [0.5, 0.6) is 11.5 Å². The van der Waals surface area contributed by atoms with Gasteiger partial charge in [-0.1, -0.05) is 35.9 Å². The molecule has 0 saturated carbocycles. The van der Waals surface area contributed by atoms with Crippen molar-refractivity contribution in [2.24, 2.45) is 5.73 Å². The molecule has 0 atom stereocenters. The maximum absolute atomic E-state index is 12.5. The van der Waals surface area contributed by atoms with E-state index in [0.29, 0.717) is 32.6 Å². The van der Waals surface area contributed by atoms with Gasteiger partial charge in [0.25, 0.3) is 0 Å². The fraction of sp³-hybridized carbons (Fsp3) is 0.350. The van der Waals surface area contributed by atoms with Crippen molar-refractivity contribution in [2.75, 3.05) is 13.2 Å². The van der Waals surface area contributed by atoms with Gasteiger partial charge in [-0.3, -0.25) is 4.79 Å². The number of aryl methyl sites for hydroxylation is 1. The molecule has 3 rings (SSSR count). The third kappa shape index (κ3) is 4.38. The van der Waals surface area contributed by atoms with Gasteiger partial charge >= 0.3 is 0 Å². The number of ether oxygens (including phenoxy) is 2. The lowest BCUT2D eigenvalue weighted by Crippen LogP contribution is -2.56. The highest BCUT2D eigenvalue weighted by atomic mass is 16.5. The summed E-state index contributed by atoms with van der Waals surface area (Å²) < 4.78 is 11.3. The van der Waals surface area contributed by atoms with Crippen LogP contribution in [0.3, 0.4) is 0 Å². The summed E-state index contributed by atoms with van der Waals surface area (Å²) in [6.45, 7) is 3.46. The van der Waals surface area contributed by atoms with Crippen LogP contribution >= 0.6 is 0 Å². The summed E-state index contributed by atoms with van der Waals surface area (Å²) in [6.07, 6.45) is 1.08. The highest BCUT2D eigenvalue weighted by Gasteiger charge is 2.35. The van der Waals surface area contributed by atoms with Crippen molar-refractivity contribution in [3.63, 3.8) is 0 Å². The van der Waals surface area contributed by atoms with Gasteiger partial charge in [0.05, 0.1) is 5.54 Å². The fourth-order valence-electron chi connectivity index (χ4n) is 2.80. The van der Waals surface area contributed by atoms with Gasteiger partial charge in [-0.2, -0.15) is 0 Å². The predicted molar refractivity (Wildman–Crippen MR) is 96.5 cm³/mol. The molecule has 132 valence electrons. The first kappa shape index (κ1) is 17.5. The van der Waals surface area contributed by atoms with E-state index in [9.17, 15) is 4.79 Å². The third-order valence-electron chi connectivity index (χ3n) is 4.50. The Labute approximate surface area is 148 Å². The number of hydrogen-bond acceptors (Lipinski definition) is 4. The average molecular weight is 340 g/mol. The van der Waals surface area contributed by atoms with E-state index >= 15 is 0 Å². The molecule has 2 aromatic carbocycles. The summed E-state index contributed by atoms with van der Waals surface area (Å²) in [5.41, 5.74) is 7.46. The smallest absolute Gasteiger partial charge is 0.240 e. The molecule has 0 aromatic heterocycles. The van der Waals surface area contributed by atoms with E-state index < -0.39 is 5.54 Å². The number of benzene rings is 2. The van der Waals surface area contributed by atoms with Gasteiger partial charge in [0.1, 0.15) is 11.5 Å². The molecule has 2 aromatic rings. The second-order valence-electron chi connectivity index (χ2n) is 6.47. The maximum Gasteiger partial charge on any atom is 0.240 e. The zero-order chi connectivity index (χ0) is 17.7. The molecule has 1 amide bonds. The Bertz CT molecular complexity index is 722. The minimum absolute atomic E-state index is 0.138. The van der Waals surface area contributed by atoms with E-state index in [1.165, 1.54) is 5.56 Å². The summed E-state index contributed by atoms with van der Waals surface area (Å²) in [4.78, 5) is 12.5. The number of hydrogen-bond donors (Lipinski definition) is 2. The monoisotopic (exact) mass is 340 g/mol. The van der Waals surface area contributed by atoms with Gasteiger partial charge in [0.15, 0.2) is 0 Å². The Hall–Kier alpha value is -2.37. The van der Waals surface area contributed by atoms with Crippen LogP contribution in [0.15, 0.2) is 48.5 Å². The molecular formula is C20H24N2O3. The van der Waals surface area contributed by atoms with Gasteiger partial charge in [0, 0.05) is 25.3 Å². The van der Waals surface area contributed by atoms with E-state index in [1.54, 1.807) is 0 Å². The number of para-hydroxylation sites is 1. The number of nitrogens with one attached hydrogen (secondary N) is 1. The molecule has 5 heteroatoms. The highest BCUT2D eigenvalue weighted by molar-refractivity contribution is 5.86. The molecule has 1 aliphatic heterocycles. The molecule has 3 N–H and O–H groups in total. The second-order valence-corrected chi connectivity index (χ2v) is 6.47. The molecule has 1 saturated heterocycles. The maximum atomic E-state index is 12.5. The van der Waals surface area contributed by atoms with Gasteiger partial charge in [0.2, 0.25) is 5.91 Å². The standard InChI is InChI=1S/C20H24N2O3/c1-15-6-8-17(9-7-15)25-18-5-3-2-4-16(18)14-22-19(23)20(21)10-12-24-13-11-20/h2-9H,10-14,21H2,1H3,(H,22,23). The fourth-order valence-corrected chi connectivity index (χ4v) is 2.80. The number of carbonyl (C=O) groups excluding carboxylic acids is 1. The third-order valence-corrected chi connectivity index (χ3v) is 4.50. The summed E-state index contributed by atoms with van der Waals surface area (Å²) in [7, 11) is 0. The summed E-state index contributed by atoms with van der Waals surface area (Å²) in [5, 5.41) is 2.94. The first-order valence-electron chi connectivity index (χ1n) is 8.54. The SMILES string of the molecule is Cc1ccc(Oc2ccccc2CNC(=O)C2(N)CCOCC2)cc1. The van der Waals surface area contributed by atoms with Crippen molar-refractivity contribution in [1.29, 1.82) is 0 Å². The molecule has 0 aliphatic carbocycles. The molecule has 1 aliphatic rings. The Morgan fingerprint density at radius 3 is 2.56 bits per heavy atom. The van der Waals surface area contributed by atoms with Crippen LogP contribution in [0.4, 0.5) is 0 Å². The van der Waals surface area contributed by atoms with Crippen molar-refractivity contribution in [2.45, 2.75) is 31.8 Å². The van der Waals surface area contributed by atoms with E-state index in [-0.39, 0.29) is 5.91 Å². The molecule has 0 bridgehead atoms. The van der Waals surface area contributed by atoms with Crippen molar-refractivity contribution in [3.8, 4) is 11.5 Å². The second kappa shape index (κ2) is 7.68. The molecular weight excluding hydrogens is 316 g/mol. The lowest BCUT2D eigenvalue weighted by Gasteiger charge is -2.31. The van der Waals surface area contributed by atoms with Gasteiger partial charge < -0.3 is 20.5 Å². The minimum Gasteiger partial charge on any atom is -0.457 e. The molecule has 5 nitrogen and oxygen atoms in total. The molecule has 0 spiro atoms. The van der Waals surface area contributed by atoms with Crippen LogP contribution in [-0.2, 0) is 16.1 Å². The molecule has 25 heavy (non-hydrogen) atoms. The largest absolute Gasteiger partial charge is 0.457 e. The van der Waals surface area contributed by atoms with E-state index in [2.05, 4.69) is 5.32 Å².